The van der Waals surface area contributed by atoms with Crippen molar-refractivity contribution in [2.75, 3.05) is 19.0 Å². The molecule has 0 aromatic heterocycles. The maximum Gasteiger partial charge on any atom is 0.407 e. The van der Waals surface area contributed by atoms with Gasteiger partial charge in [0.2, 0.25) is 0 Å². The van der Waals surface area contributed by atoms with Crippen LogP contribution in [0.2, 0.25) is 0 Å². The largest absolute Gasteiger partial charge is 0.445 e. The van der Waals surface area contributed by atoms with Crippen molar-refractivity contribution < 1.29 is 9.53 Å². The van der Waals surface area contributed by atoms with Crippen LogP contribution in [0.1, 0.15) is 24.0 Å². The minimum atomic E-state index is -0.337. The van der Waals surface area contributed by atoms with Crippen LogP contribution >= 0.6 is 0 Å². The van der Waals surface area contributed by atoms with Crippen molar-refractivity contribution in [2.24, 2.45) is 0 Å². The Bertz CT molecular complexity index is 695. The molecule has 138 valence electrons. The van der Waals surface area contributed by atoms with Gasteiger partial charge >= 0.3 is 6.09 Å². The maximum absolute atomic E-state index is 11.8. The van der Waals surface area contributed by atoms with Gasteiger partial charge in [-0.15, -0.1) is 0 Å². The van der Waals surface area contributed by atoms with Crippen molar-refractivity contribution in [3.8, 4) is 0 Å². The van der Waals surface area contributed by atoms with Gasteiger partial charge in [-0.1, -0.05) is 42.5 Å². The lowest BCUT2D eigenvalue weighted by Crippen LogP contribution is -2.52. The molecule has 3 rings (SSSR count). The Morgan fingerprint density at radius 3 is 2.35 bits per heavy atom. The smallest absolute Gasteiger partial charge is 0.407 e. The van der Waals surface area contributed by atoms with Gasteiger partial charge in [0.15, 0.2) is 0 Å². The summed E-state index contributed by atoms with van der Waals surface area (Å²) >= 11 is 0. The Labute approximate surface area is 155 Å². The van der Waals surface area contributed by atoms with Gasteiger partial charge in [-0.05, 0) is 36.1 Å². The molecule has 1 aliphatic carbocycles. The topological polar surface area (TPSA) is 53.6 Å². The number of carbonyl (C=O) groups is 1. The van der Waals surface area contributed by atoms with Crippen LogP contribution in [0.5, 0.6) is 0 Å². The number of carbonyl (C=O) groups excluding carboxylic acids is 1. The zero-order valence-corrected chi connectivity index (χ0v) is 15.4. The summed E-state index contributed by atoms with van der Waals surface area (Å²) in [6, 6.07) is 18.9. The van der Waals surface area contributed by atoms with Crippen molar-refractivity contribution in [2.45, 2.75) is 38.1 Å². The summed E-state index contributed by atoms with van der Waals surface area (Å²) in [6.45, 7) is 1.16. The van der Waals surface area contributed by atoms with Crippen LogP contribution in [0.25, 0.3) is 0 Å². The van der Waals surface area contributed by atoms with Gasteiger partial charge in [-0.3, -0.25) is 0 Å². The number of nitrogens with zero attached hydrogens (tertiary/aromatic N) is 1. The van der Waals surface area contributed by atoms with Crippen molar-refractivity contribution in [3.63, 3.8) is 0 Å². The molecular weight excluding hydrogens is 326 g/mol. The summed E-state index contributed by atoms with van der Waals surface area (Å²) in [7, 11) is 4.08. The molecule has 0 spiro atoms. The Balaban J connectivity index is 1.31. The molecule has 0 heterocycles. The second-order valence-electron chi connectivity index (χ2n) is 7.01. The normalized spacial score (nSPS) is 18.7. The van der Waals surface area contributed by atoms with Gasteiger partial charge in [0, 0.05) is 38.4 Å². The molecule has 0 radical (unpaired) electrons. The van der Waals surface area contributed by atoms with Crippen molar-refractivity contribution in [1.29, 1.82) is 0 Å². The molecule has 5 heteroatoms. The lowest BCUT2D eigenvalue weighted by Gasteiger charge is -2.36. The van der Waals surface area contributed by atoms with Gasteiger partial charge in [-0.2, -0.15) is 0 Å². The lowest BCUT2D eigenvalue weighted by molar-refractivity contribution is 0.125. The van der Waals surface area contributed by atoms with Crippen LogP contribution in [0, 0.1) is 0 Å². The van der Waals surface area contributed by atoms with Crippen LogP contribution in [0.3, 0.4) is 0 Å². The zero-order chi connectivity index (χ0) is 18.4. The average Bonchev–Trinajstić information content (AvgIpc) is 2.63. The summed E-state index contributed by atoms with van der Waals surface area (Å²) < 4.78 is 5.26. The molecule has 0 atom stereocenters. The third-order valence-electron chi connectivity index (χ3n) is 4.72. The molecular formula is C21H27N3O2. The van der Waals surface area contributed by atoms with Gasteiger partial charge in [-0.25, -0.2) is 4.79 Å². The third-order valence-corrected chi connectivity index (χ3v) is 4.72. The molecule has 0 unspecified atom stereocenters. The van der Waals surface area contributed by atoms with E-state index < -0.39 is 0 Å². The molecule has 0 aliphatic heterocycles. The highest BCUT2D eigenvalue weighted by atomic mass is 16.5. The Morgan fingerprint density at radius 1 is 1.00 bits per heavy atom. The molecule has 2 N–H and O–H groups in total. The SMILES string of the molecule is CN(C)c1ccc(CNC2CC(NC(=O)OCc3ccccc3)C2)cc1. The zero-order valence-electron chi connectivity index (χ0n) is 15.4. The Kier molecular flexibility index (Phi) is 6.12. The van der Waals surface area contributed by atoms with E-state index in [0.717, 1.165) is 24.9 Å². The Hall–Kier alpha value is -2.53. The highest BCUT2D eigenvalue weighted by Crippen LogP contribution is 2.21. The minimum Gasteiger partial charge on any atom is -0.445 e. The highest BCUT2D eigenvalue weighted by Gasteiger charge is 2.30. The number of anilines is 1. The second kappa shape index (κ2) is 8.72. The molecule has 2 aromatic rings. The molecule has 1 fully saturated rings. The van der Waals surface area contributed by atoms with Gasteiger partial charge in [0.1, 0.15) is 6.61 Å². The van der Waals surface area contributed by atoms with Crippen LogP contribution in [-0.4, -0.2) is 32.3 Å². The lowest BCUT2D eigenvalue weighted by atomic mass is 9.87. The van der Waals surface area contributed by atoms with Crippen LogP contribution in [0.4, 0.5) is 10.5 Å². The number of hydrogen-bond donors (Lipinski definition) is 2. The van der Waals surface area contributed by atoms with Crippen molar-refractivity contribution >= 4 is 11.8 Å². The molecule has 0 saturated heterocycles. The molecule has 26 heavy (non-hydrogen) atoms. The number of ether oxygens (including phenoxy) is 1. The first-order valence-corrected chi connectivity index (χ1v) is 9.07. The minimum absolute atomic E-state index is 0.201. The number of nitrogens with one attached hydrogen (secondary N) is 2. The quantitative estimate of drug-likeness (QED) is 0.802. The number of hydrogen-bond acceptors (Lipinski definition) is 4. The van der Waals surface area contributed by atoms with E-state index in [2.05, 4.69) is 39.8 Å². The summed E-state index contributed by atoms with van der Waals surface area (Å²) in [4.78, 5) is 13.9. The van der Waals surface area contributed by atoms with Gasteiger partial charge in [0.05, 0.1) is 0 Å². The average molecular weight is 353 g/mol. The van der Waals surface area contributed by atoms with Crippen LogP contribution in [-0.2, 0) is 17.9 Å². The van der Waals surface area contributed by atoms with Crippen LogP contribution in [0.15, 0.2) is 54.6 Å². The van der Waals surface area contributed by atoms with E-state index in [0.29, 0.717) is 12.6 Å². The van der Waals surface area contributed by atoms with E-state index in [9.17, 15) is 4.79 Å². The fourth-order valence-corrected chi connectivity index (χ4v) is 3.01. The monoisotopic (exact) mass is 353 g/mol. The van der Waals surface area contributed by atoms with E-state index in [1.54, 1.807) is 0 Å². The van der Waals surface area contributed by atoms with E-state index in [-0.39, 0.29) is 12.1 Å². The summed E-state index contributed by atoms with van der Waals surface area (Å²) in [6.07, 6.45) is 1.54. The third kappa shape index (κ3) is 5.23. The van der Waals surface area contributed by atoms with Crippen molar-refractivity contribution in [1.82, 2.24) is 10.6 Å². The molecule has 0 bridgehead atoms. The standard InChI is InChI=1S/C21H27N3O2/c1-24(2)20-10-8-16(9-11-20)14-22-18-12-19(13-18)23-21(25)26-15-17-6-4-3-5-7-17/h3-11,18-19,22H,12-15H2,1-2H3,(H,23,25). The van der Waals surface area contributed by atoms with E-state index in [4.69, 9.17) is 4.74 Å². The Morgan fingerprint density at radius 2 is 1.69 bits per heavy atom. The number of benzene rings is 2. The van der Waals surface area contributed by atoms with Crippen LogP contribution < -0.4 is 15.5 Å². The predicted octanol–water partition coefficient (Wildman–Crippen LogP) is 3.30. The maximum atomic E-state index is 11.8. The number of alkyl carbamates (subject to hydrolysis) is 1. The first kappa shape index (κ1) is 18.3. The van der Waals surface area contributed by atoms with Crippen molar-refractivity contribution in [3.05, 3.63) is 65.7 Å². The highest BCUT2D eigenvalue weighted by molar-refractivity contribution is 5.67. The molecule has 1 amide bonds. The van der Waals surface area contributed by atoms with E-state index in [1.807, 2.05) is 44.4 Å². The molecule has 1 saturated carbocycles. The van der Waals surface area contributed by atoms with Gasteiger partial charge in [0.25, 0.3) is 0 Å². The molecule has 1 aliphatic rings. The first-order chi connectivity index (χ1) is 12.6. The van der Waals surface area contributed by atoms with Gasteiger partial charge < -0.3 is 20.3 Å². The fraction of sp³-hybridized carbons (Fsp3) is 0.381. The number of amides is 1. The number of rotatable bonds is 7. The first-order valence-electron chi connectivity index (χ1n) is 9.07. The summed E-state index contributed by atoms with van der Waals surface area (Å²) in [5, 5.41) is 6.47. The summed E-state index contributed by atoms with van der Waals surface area (Å²) in [5.74, 6) is 0. The summed E-state index contributed by atoms with van der Waals surface area (Å²) in [5.41, 5.74) is 3.47. The molecule has 5 nitrogen and oxygen atoms in total. The predicted molar refractivity (Wildman–Crippen MR) is 104 cm³/mol. The molecule has 2 aromatic carbocycles. The second-order valence-corrected chi connectivity index (χ2v) is 7.01. The fourth-order valence-electron chi connectivity index (χ4n) is 3.01. The van der Waals surface area contributed by atoms with E-state index in [1.165, 1.54) is 11.3 Å². The van der Waals surface area contributed by atoms with E-state index >= 15 is 0 Å².